The lowest BCUT2D eigenvalue weighted by Gasteiger charge is -2.70. The maximum atomic E-state index is 14.5. The maximum absolute atomic E-state index is 14.5. The molecule has 292 valence electrons. The minimum Gasteiger partial charge on any atom is -0.360 e. The van der Waals surface area contributed by atoms with Gasteiger partial charge in [0.15, 0.2) is 10.7 Å². The molecule has 53 heavy (non-hydrogen) atoms. The molecule has 1 amide bonds. The SMILES string of the molecule is Cc1noc(C)c1S(=O)(=O)n1cc2c(n1)C(C)(C)[C@@H]1CC[C@]3(C)[C@H](CC=C4[C@@H]5CC(C)(C)CC[C@]5(C(=O)NCCN5CCCCC5)CC[C@]43C)[C@@]1(C)C2. The van der Waals surface area contributed by atoms with Crippen molar-refractivity contribution in [2.75, 3.05) is 26.2 Å². The van der Waals surface area contributed by atoms with Gasteiger partial charge in [0.2, 0.25) is 5.91 Å². The molecule has 1 N–H and O–H groups in total. The van der Waals surface area contributed by atoms with Crippen LogP contribution >= 0.6 is 0 Å². The van der Waals surface area contributed by atoms with Gasteiger partial charge in [-0.1, -0.05) is 71.7 Å². The number of carbonyl (C=O) groups excluding carboxylic acids is 1. The molecular weight excluding hydrogens is 683 g/mol. The highest BCUT2D eigenvalue weighted by atomic mass is 32.2. The van der Waals surface area contributed by atoms with Crippen molar-refractivity contribution in [1.82, 2.24) is 24.6 Å². The number of hydrogen-bond acceptors (Lipinski definition) is 7. The molecule has 0 radical (unpaired) electrons. The van der Waals surface area contributed by atoms with Crippen LogP contribution in [-0.4, -0.2) is 59.7 Å². The molecule has 2 aromatic rings. The second-order valence-corrected chi connectivity index (χ2v) is 22.2. The molecule has 0 unspecified atom stereocenters. The Balaban J connectivity index is 1.12. The van der Waals surface area contributed by atoms with E-state index in [1.807, 2.05) is 0 Å². The van der Waals surface area contributed by atoms with Crippen molar-refractivity contribution in [3.63, 3.8) is 0 Å². The number of aryl methyl sites for hydroxylation is 2. The van der Waals surface area contributed by atoms with E-state index in [9.17, 15) is 13.2 Å². The molecule has 1 saturated heterocycles. The molecule has 5 aliphatic carbocycles. The molecule has 9 nitrogen and oxygen atoms in total. The first-order valence-corrected chi connectivity index (χ1v) is 22.2. The second kappa shape index (κ2) is 12.3. The molecule has 0 bridgehead atoms. The fourth-order valence-corrected chi connectivity index (χ4v) is 15.3. The van der Waals surface area contributed by atoms with E-state index in [1.165, 1.54) is 23.3 Å². The molecule has 0 aromatic carbocycles. The van der Waals surface area contributed by atoms with E-state index in [-0.39, 0.29) is 49.1 Å². The van der Waals surface area contributed by atoms with Crippen LogP contribution in [0.2, 0.25) is 0 Å². The van der Waals surface area contributed by atoms with Crippen molar-refractivity contribution in [1.29, 1.82) is 0 Å². The van der Waals surface area contributed by atoms with Gasteiger partial charge in [0.05, 0.1) is 11.1 Å². The standard InChI is InChI=1S/C43H65N5O4S/c1-28-35(29(2)52-46-28)53(50,51)48-27-30-25-40(7)33(39(5,6)36(30)45-48)15-16-42(9)34(40)14-13-31-32-26-38(3,4)17-19-43(32,20-18-41(31,42)8)37(49)44-21-24-47-22-11-10-12-23-47/h13,27,32-34H,10-12,14-26H2,1-9H3,(H,44,49)/t32-,33-,34+,40-,41+,42+,43-/m0/s1. The lowest BCUT2D eigenvalue weighted by atomic mass is 9.33. The van der Waals surface area contributed by atoms with Crippen LogP contribution in [0.5, 0.6) is 0 Å². The smallest absolute Gasteiger partial charge is 0.288 e. The Morgan fingerprint density at radius 3 is 2.38 bits per heavy atom. The predicted molar refractivity (Wildman–Crippen MR) is 207 cm³/mol. The number of likely N-dealkylation sites (tertiary alicyclic amines) is 1. The van der Waals surface area contributed by atoms with Crippen molar-refractivity contribution in [3.8, 4) is 0 Å². The summed E-state index contributed by atoms with van der Waals surface area (Å²) in [6, 6.07) is 0. The molecule has 1 aliphatic heterocycles. The second-order valence-electron chi connectivity index (χ2n) is 20.5. The van der Waals surface area contributed by atoms with Crippen molar-refractivity contribution < 1.29 is 17.7 Å². The normalized spacial score (nSPS) is 37.7. The van der Waals surface area contributed by atoms with Crippen LogP contribution in [0.15, 0.2) is 27.3 Å². The Hall–Kier alpha value is -2.46. The van der Waals surface area contributed by atoms with E-state index in [0.29, 0.717) is 23.4 Å². The first-order chi connectivity index (χ1) is 24.8. The van der Waals surface area contributed by atoms with Gasteiger partial charge in [-0.3, -0.25) is 4.79 Å². The van der Waals surface area contributed by atoms with Gasteiger partial charge < -0.3 is 14.7 Å². The zero-order valence-electron chi connectivity index (χ0n) is 34.0. The van der Waals surface area contributed by atoms with E-state index < -0.39 is 10.0 Å². The summed E-state index contributed by atoms with van der Waals surface area (Å²) in [4.78, 5) is 17.2. The largest absolute Gasteiger partial charge is 0.360 e. The lowest BCUT2D eigenvalue weighted by Crippen LogP contribution is -2.65. The summed E-state index contributed by atoms with van der Waals surface area (Å²) in [5, 5.41) is 12.3. The number of carbonyl (C=O) groups is 1. The Bertz CT molecular complexity index is 1920. The van der Waals surface area contributed by atoms with Crippen molar-refractivity contribution >= 4 is 15.9 Å². The fourth-order valence-electron chi connectivity index (χ4n) is 13.8. The van der Waals surface area contributed by atoms with Crippen LogP contribution in [0.3, 0.4) is 0 Å². The molecular formula is C43H65N5O4S. The minimum atomic E-state index is -3.96. The Kier molecular flexibility index (Phi) is 8.67. The third-order valence-electron chi connectivity index (χ3n) is 16.8. The highest BCUT2D eigenvalue weighted by Gasteiger charge is 2.69. The third-order valence-corrected chi connectivity index (χ3v) is 18.6. The Labute approximate surface area is 318 Å². The molecule has 3 saturated carbocycles. The van der Waals surface area contributed by atoms with Crippen LogP contribution in [0.25, 0.3) is 0 Å². The summed E-state index contributed by atoms with van der Waals surface area (Å²) >= 11 is 0. The monoisotopic (exact) mass is 747 g/mol. The first-order valence-electron chi connectivity index (χ1n) is 20.8. The quantitative estimate of drug-likeness (QED) is 0.297. The van der Waals surface area contributed by atoms with Gasteiger partial charge in [-0.05, 0) is 143 Å². The van der Waals surface area contributed by atoms with E-state index >= 15 is 0 Å². The molecule has 0 spiro atoms. The highest BCUT2D eigenvalue weighted by Crippen LogP contribution is 2.75. The van der Waals surface area contributed by atoms with Crippen LogP contribution in [0, 0.1) is 58.7 Å². The topological polar surface area (TPSA) is 110 Å². The maximum Gasteiger partial charge on any atom is 0.288 e. The zero-order chi connectivity index (χ0) is 38.0. The fraction of sp³-hybridized carbons (Fsp3) is 0.791. The number of nitrogens with one attached hydrogen (secondary N) is 1. The number of hydrogen-bond donors (Lipinski definition) is 1. The number of nitrogens with zero attached hydrogens (tertiary/aromatic N) is 4. The van der Waals surface area contributed by atoms with Gasteiger partial charge in [-0.25, -0.2) is 0 Å². The van der Waals surface area contributed by atoms with Crippen LogP contribution in [0.1, 0.15) is 142 Å². The number of piperidine rings is 1. The predicted octanol–water partition coefficient (Wildman–Crippen LogP) is 8.14. The number of aromatic nitrogens is 3. The molecule has 10 heteroatoms. The summed E-state index contributed by atoms with van der Waals surface area (Å²) < 4.78 is 34.4. The summed E-state index contributed by atoms with van der Waals surface area (Å²) in [5.74, 6) is 1.67. The van der Waals surface area contributed by atoms with Gasteiger partial charge in [0.25, 0.3) is 10.0 Å². The summed E-state index contributed by atoms with van der Waals surface area (Å²) in [6.45, 7) is 24.5. The van der Waals surface area contributed by atoms with E-state index in [0.717, 1.165) is 95.2 Å². The van der Waals surface area contributed by atoms with Crippen molar-refractivity contribution in [3.05, 3.63) is 40.6 Å². The average Bonchev–Trinajstić information content (AvgIpc) is 3.68. The average molecular weight is 748 g/mol. The molecule has 7 atom stereocenters. The summed E-state index contributed by atoms with van der Waals surface area (Å²) in [6.07, 6.45) is 17.5. The van der Waals surface area contributed by atoms with Gasteiger partial charge in [-0.15, -0.1) is 0 Å². The summed E-state index contributed by atoms with van der Waals surface area (Å²) in [7, 11) is -3.96. The van der Waals surface area contributed by atoms with Crippen LogP contribution in [0.4, 0.5) is 0 Å². The molecule has 6 aliphatic rings. The minimum absolute atomic E-state index is 0.000835. The van der Waals surface area contributed by atoms with E-state index in [4.69, 9.17) is 9.62 Å². The number of rotatable bonds is 6. The van der Waals surface area contributed by atoms with Crippen molar-refractivity contribution in [2.24, 2.45) is 44.8 Å². The van der Waals surface area contributed by atoms with Gasteiger partial charge in [-0.2, -0.15) is 17.6 Å². The van der Waals surface area contributed by atoms with Crippen LogP contribution in [-0.2, 0) is 26.7 Å². The van der Waals surface area contributed by atoms with Gasteiger partial charge in [0.1, 0.15) is 5.69 Å². The van der Waals surface area contributed by atoms with Crippen molar-refractivity contribution in [2.45, 2.75) is 150 Å². The number of allylic oxidation sites excluding steroid dienone is 2. The highest BCUT2D eigenvalue weighted by molar-refractivity contribution is 7.90. The first kappa shape index (κ1) is 37.5. The van der Waals surface area contributed by atoms with E-state index in [1.54, 1.807) is 25.6 Å². The molecule has 2 aromatic heterocycles. The molecule has 3 heterocycles. The zero-order valence-corrected chi connectivity index (χ0v) is 34.8. The lowest BCUT2D eigenvalue weighted by molar-refractivity contribution is -0.167. The Morgan fingerprint density at radius 2 is 1.68 bits per heavy atom. The number of amides is 1. The van der Waals surface area contributed by atoms with Crippen LogP contribution < -0.4 is 5.32 Å². The Morgan fingerprint density at radius 1 is 0.962 bits per heavy atom. The molecule has 8 rings (SSSR count). The number of fused-ring (bicyclic) bond motifs is 8. The third kappa shape index (κ3) is 5.36. The molecule has 4 fully saturated rings. The van der Waals surface area contributed by atoms with Gasteiger partial charge >= 0.3 is 0 Å². The van der Waals surface area contributed by atoms with E-state index in [2.05, 4.69) is 69.9 Å². The van der Waals surface area contributed by atoms with Gasteiger partial charge in [0, 0.05) is 24.7 Å². The summed E-state index contributed by atoms with van der Waals surface area (Å²) in [5.41, 5.74) is 3.51.